The number of aryl methyl sites for hydroxylation is 1. The maximum Gasteiger partial charge on any atom is 0.191 e. The summed E-state index contributed by atoms with van der Waals surface area (Å²) in [6.45, 7) is 7.00. The molecule has 2 rings (SSSR count). The van der Waals surface area contributed by atoms with E-state index in [9.17, 15) is 0 Å². The molecule has 1 aliphatic heterocycles. The molecule has 6 heteroatoms. The Balaban J connectivity index is 1.88. The molecule has 100 valence electrons. The van der Waals surface area contributed by atoms with E-state index in [1.54, 1.807) is 11.3 Å². The summed E-state index contributed by atoms with van der Waals surface area (Å²) >= 11 is 3.72. The van der Waals surface area contributed by atoms with Gasteiger partial charge in [0.15, 0.2) is 5.96 Å². The van der Waals surface area contributed by atoms with E-state index < -0.39 is 0 Å². The summed E-state index contributed by atoms with van der Waals surface area (Å²) in [7, 11) is 0. The van der Waals surface area contributed by atoms with Crippen LogP contribution in [0.2, 0.25) is 0 Å². The normalized spacial score (nSPS) is 19.0. The first kappa shape index (κ1) is 13.7. The number of nitrogens with two attached hydrogens (primary N) is 1. The minimum atomic E-state index is 0.349. The van der Waals surface area contributed by atoms with Crippen LogP contribution >= 0.6 is 23.1 Å². The van der Waals surface area contributed by atoms with Crippen molar-refractivity contribution < 1.29 is 0 Å². The molecule has 0 spiro atoms. The zero-order valence-corrected chi connectivity index (χ0v) is 12.6. The molecule has 0 radical (unpaired) electrons. The van der Waals surface area contributed by atoms with Crippen molar-refractivity contribution in [2.45, 2.75) is 19.8 Å². The number of thiazole rings is 1. The Hall–Kier alpha value is -0.750. The van der Waals surface area contributed by atoms with Crippen LogP contribution in [0.5, 0.6) is 0 Å². The molecule has 18 heavy (non-hydrogen) atoms. The van der Waals surface area contributed by atoms with E-state index in [4.69, 9.17) is 5.73 Å². The van der Waals surface area contributed by atoms with Crippen LogP contribution in [0.25, 0.3) is 0 Å². The highest BCUT2D eigenvalue weighted by molar-refractivity contribution is 7.99. The van der Waals surface area contributed by atoms with Crippen molar-refractivity contribution >= 4 is 29.1 Å². The van der Waals surface area contributed by atoms with Crippen molar-refractivity contribution in [3.8, 4) is 0 Å². The predicted molar refractivity (Wildman–Crippen MR) is 80.7 cm³/mol. The Bertz CT molecular complexity index is 410. The lowest BCUT2D eigenvalue weighted by Gasteiger charge is -2.27. The molecule has 1 unspecified atom stereocenters. The van der Waals surface area contributed by atoms with Crippen molar-refractivity contribution in [2.75, 3.05) is 31.1 Å². The molecule has 2 N–H and O–H groups in total. The first-order chi connectivity index (χ1) is 8.66. The average Bonchev–Trinajstić information content (AvgIpc) is 2.83. The van der Waals surface area contributed by atoms with Crippen LogP contribution in [0.4, 0.5) is 0 Å². The molecule has 4 nitrogen and oxygen atoms in total. The molecule has 1 aliphatic rings. The second-order valence-corrected chi connectivity index (χ2v) is 7.00. The molecule has 1 fully saturated rings. The minimum Gasteiger partial charge on any atom is -0.370 e. The fourth-order valence-corrected chi connectivity index (χ4v) is 3.52. The molecular formula is C12H20N4S2. The van der Waals surface area contributed by atoms with E-state index in [2.05, 4.69) is 28.7 Å². The van der Waals surface area contributed by atoms with Crippen LogP contribution in [-0.4, -0.2) is 47.0 Å². The van der Waals surface area contributed by atoms with Crippen LogP contribution in [0.15, 0.2) is 11.2 Å². The van der Waals surface area contributed by atoms with E-state index in [1.165, 1.54) is 4.88 Å². The van der Waals surface area contributed by atoms with Gasteiger partial charge in [-0.2, -0.15) is 11.8 Å². The largest absolute Gasteiger partial charge is 0.370 e. The average molecular weight is 284 g/mol. The van der Waals surface area contributed by atoms with Gasteiger partial charge in [0.1, 0.15) is 0 Å². The van der Waals surface area contributed by atoms with Gasteiger partial charge in [0, 0.05) is 41.6 Å². The number of aliphatic imine (C=N–C) groups is 1. The monoisotopic (exact) mass is 284 g/mol. The highest BCUT2D eigenvalue weighted by Crippen LogP contribution is 2.21. The van der Waals surface area contributed by atoms with Gasteiger partial charge in [-0.15, -0.1) is 11.3 Å². The summed E-state index contributed by atoms with van der Waals surface area (Å²) in [5.74, 6) is 3.34. The zero-order valence-electron chi connectivity index (χ0n) is 10.9. The topological polar surface area (TPSA) is 54.5 Å². The highest BCUT2D eigenvalue weighted by Gasteiger charge is 2.13. The standard InChI is InChI=1S/C12H20N4S2/c1-9(11-14-8-10(2)18-11)7-15-12(13)16-3-5-17-6-4-16/h8-9H,3-7H2,1-2H3,(H2,13,15). The van der Waals surface area contributed by atoms with Gasteiger partial charge in [0.05, 0.1) is 11.6 Å². The summed E-state index contributed by atoms with van der Waals surface area (Å²) in [4.78, 5) is 12.3. The quantitative estimate of drug-likeness (QED) is 0.680. The molecule has 0 aromatic carbocycles. The van der Waals surface area contributed by atoms with Crippen molar-refractivity contribution in [1.82, 2.24) is 9.88 Å². The molecule has 0 bridgehead atoms. The first-order valence-electron chi connectivity index (χ1n) is 6.21. The second-order valence-electron chi connectivity index (χ2n) is 4.51. The highest BCUT2D eigenvalue weighted by atomic mass is 32.2. The second kappa shape index (κ2) is 6.43. The van der Waals surface area contributed by atoms with E-state index >= 15 is 0 Å². The first-order valence-corrected chi connectivity index (χ1v) is 8.19. The van der Waals surface area contributed by atoms with Crippen LogP contribution in [-0.2, 0) is 0 Å². The molecule has 0 amide bonds. The molecule has 2 heterocycles. The van der Waals surface area contributed by atoms with Crippen molar-refractivity contribution in [3.05, 3.63) is 16.1 Å². The summed E-state index contributed by atoms with van der Waals surface area (Å²) in [6, 6.07) is 0. The maximum absolute atomic E-state index is 6.03. The molecule has 0 saturated carbocycles. The summed E-state index contributed by atoms with van der Waals surface area (Å²) in [6.07, 6.45) is 1.92. The van der Waals surface area contributed by atoms with E-state index in [-0.39, 0.29) is 0 Å². The van der Waals surface area contributed by atoms with Gasteiger partial charge < -0.3 is 10.6 Å². The Kier molecular flexibility index (Phi) is 4.88. The van der Waals surface area contributed by atoms with Crippen molar-refractivity contribution in [3.63, 3.8) is 0 Å². The van der Waals surface area contributed by atoms with Crippen molar-refractivity contribution in [2.24, 2.45) is 10.7 Å². The predicted octanol–water partition coefficient (Wildman–Crippen LogP) is 1.92. The number of aromatic nitrogens is 1. The van der Waals surface area contributed by atoms with Gasteiger partial charge in [-0.1, -0.05) is 6.92 Å². The summed E-state index contributed by atoms with van der Waals surface area (Å²) in [5, 5.41) is 1.15. The van der Waals surface area contributed by atoms with Gasteiger partial charge >= 0.3 is 0 Å². The maximum atomic E-state index is 6.03. The fourth-order valence-electron chi connectivity index (χ4n) is 1.80. The lowest BCUT2D eigenvalue weighted by molar-refractivity contribution is 0.455. The minimum absolute atomic E-state index is 0.349. The van der Waals surface area contributed by atoms with Gasteiger partial charge in [0.2, 0.25) is 0 Å². The third-order valence-corrected chi connectivity index (χ3v) is 5.01. The Morgan fingerprint density at radius 2 is 2.28 bits per heavy atom. The molecular weight excluding hydrogens is 264 g/mol. The summed E-state index contributed by atoms with van der Waals surface area (Å²) < 4.78 is 0. The molecule has 1 aromatic heterocycles. The van der Waals surface area contributed by atoms with Gasteiger partial charge in [-0.05, 0) is 6.92 Å². The van der Waals surface area contributed by atoms with Crippen LogP contribution in [0, 0.1) is 6.92 Å². The van der Waals surface area contributed by atoms with Crippen LogP contribution in [0.1, 0.15) is 22.7 Å². The van der Waals surface area contributed by atoms with E-state index in [1.807, 2.05) is 18.0 Å². The lowest BCUT2D eigenvalue weighted by atomic mass is 10.2. The lowest BCUT2D eigenvalue weighted by Crippen LogP contribution is -2.42. The van der Waals surface area contributed by atoms with Gasteiger partial charge in [0.25, 0.3) is 0 Å². The van der Waals surface area contributed by atoms with E-state index in [0.717, 1.165) is 36.1 Å². The fraction of sp³-hybridized carbons (Fsp3) is 0.667. The number of hydrogen-bond acceptors (Lipinski definition) is 4. The van der Waals surface area contributed by atoms with Gasteiger partial charge in [-0.3, -0.25) is 4.99 Å². The molecule has 1 saturated heterocycles. The third-order valence-electron chi connectivity index (χ3n) is 2.92. The van der Waals surface area contributed by atoms with E-state index in [0.29, 0.717) is 11.9 Å². The Labute approximate surface area is 117 Å². The number of rotatable bonds is 3. The zero-order chi connectivity index (χ0) is 13.0. The van der Waals surface area contributed by atoms with Gasteiger partial charge in [-0.25, -0.2) is 4.98 Å². The van der Waals surface area contributed by atoms with Crippen LogP contribution < -0.4 is 5.73 Å². The SMILES string of the molecule is Cc1cnc(C(C)CN=C(N)N2CCSCC2)s1. The van der Waals surface area contributed by atoms with Crippen LogP contribution in [0.3, 0.4) is 0 Å². The molecule has 1 atom stereocenters. The Morgan fingerprint density at radius 3 is 2.89 bits per heavy atom. The Morgan fingerprint density at radius 1 is 1.56 bits per heavy atom. The van der Waals surface area contributed by atoms with Crippen molar-refractivity contribution in [1.29, 1.82) is 0 Å². The smallest absolute Gasteiger partial charge is 0.191 e. The molecule has 0 aliphatic carbocycles. The summed E-state index contributed by atoms with van der Waals surface area (Å²) in [5.41, 5.74) is 6.03. The third kappa shape index (κ3) is 3.62. The number of thioether (sulfide) groups is 1. The number of hydrogen-bond donors (Lipinski definition) is 1. The molecule has 1 aromatic rings. The number of nitrogens with zero attached hydrogens (tertiary/aromatic N) is 3. The number of guanidine groups is 1.